The Kier molecular flexibility index (Phi) is 4.26. The molecule has 0 aliphatic carbocycles. The first-order valence-electron chi connectivity index (χ1n) is 7.32. The molecule has 0 aliphatic heterocycles. The lowest BCUT2D eigenvalue weighted by atomic mass is 10.1. The van der Waals surface area contributed by atoms with E-state index in [0.717, 1.165) is 17.5 Å². The molecule has 3 rings (SSSR count). The van der Waals surface area contributed by atoms with Gasteiger partial charge in [0.1, 0.15) is 0 Å². The van der Waals surface area contributed by atoms with Gasteiger partial charge in [-0.1, -0.05) is 43.0 Å². The number of hydrogen-bond acceptors (Lipinski definition) is 3. The van der Waals surface area contributed by atoms with Crippen LogP contribution in [0.2, 0.25) is 0 Å². The first-order chi connectivity index (χ1) is 11.8. The molecule has 4 nitrogen and oxygen atoms in total. The SMILES string of the molecule is C=CC(F)(F)c1ccccc1S(=O)(=O)Nc1cccc2cccnc12. The highest BCUT2D eigenvalue weighted by Crippen LogP contribution is 2.34. The lowest BCUT2D eigenvalue weighted by molar-refractivity contribution is 0.0494. The standard InChI is InChI=1S/C18H14F2N2O2S/c1-2-18(19,20)14-9-3-4-11-16(14)25(23,24)22-15-10-5-7-13-8-6-12-21-17(13)15/h2-12,22H,1H2. The Morgan fingerprint density at radius 1 is 1.04 bits per heavy atom. The van der Waals surface area contributed by atoms with Crippen molar-refractivity contribution >= 4 is 26.6 Å². The number of aromatic nitrogens is 1. The van der Waals surface area contributed by atoms with Crippen LogP contribution in [-0.4, -0.2) is 13.4 Å². The molecule has 0 unspecified atom stereocenters. The van der Waals surface area contributed by atoms with Gasteiger partial charge in [0.05, 0.1) is 16.1 Å². The number of benzene rings is 2. The zero-order chi connectivity index (χ0) is 18.1. The highest BCUT2D eigenvalue weighted by molar-refractivity contribution is 7.92. The first kappa shape index (κ1) is 17.0. The van der Waals surface area contributed by atoms with Gasteiger partial charge in [0.15, 0.2) is 0 Å². The van der Waals surface area contributed by atoms with E-state index in [1.807, 2.05) is 0 Å². The lowest BCUT2D eigenvalue weighted by Crippen LogP contribution is -2.20. The second-order valence-corrected chi connectivity index (χ2v) is 6.96. The lowest BCUT2D eigenvalue weighted by Gasteiger charge is -2.17. The monoisotopic (exact) mass is 360 g/mol. The number of hydrogen-bond donors (Lipinski definition) is 1. The van der Waals surface area contributed by atoms with Crippen LogP contribution in [0.3, 0.4) is 0 Å². The van der Waals surface area contributed by atoms with Gasteiger partial charge in [0, 0.05) is 17.1 Å². The van der Waals surface area contributed by atoms with E-state index < -0.39 is 26.4 Å². The fourth-order valence-electron chi connectivity index (χ4n) is 2.47. The summed E-state index contributed by atoms with van der Waals surface area (Å²) in [6.07, 6.45) is 1.95. The Bertz CT molecular complexity index is 1040. The molecular formula is C18H14F2N2O2S. The molecule has 128 valence electrons. The van der Waals surface area contributed by atoms with E-state index in [0.29, 0.717) is 11.6 Å². The summed E-state index contributed by atoms with van der Waals surface area (Å²) in [5, 5.41) is 0.729. The maximum absolute atomic E-state index is 14.0. The summed E-state index contributed by atoms with van der Waals surface area (Å²) in [4.78, 5) is 3.65. The van der Waals surface area contributed by atoms with Crippen molar-refractivity contribution in [2.24, 2.45) is 0 Å². The number of pyridine rings is 1. The van der Waals surface area contributed by atoms with Gasteiger partial charge >= 0.3 is 0 Å². The fourth-order valence-corrected chi connectivity index (χ4v) is 3.79. The molecule has 0 atom stereocenters. The van der Waals surface area contributed by atoms with Crippen LogP contribution in [0.1, 0.15) is 5.56 Å². The Balaban J connectivity index is 2.11. The highest BCUT2D eigenvalue weighted by atomic mass is 32.2. The van der Waals surface area contributed by atoms with Gasteiger partial charge in [-0.25, -0.2) is 8.42 Å². The van der Waals surface area contributed by atoms with Crippen LogP contribution < -0.4 is 4.72 Å². The Morgan fingerprint density at radius 3 is 2.52 bits per heavy atom. The minimum Gasteiger partial charge on any atom is -0.277 e. The molecule has 0 saturated heterocycles. The minimum absolute atomic E-state index is 0.217. The third-order valence-electron chi connectivity index (χ3n) is 3.67. The van der Waals surface area contributed by atoms with Crippen LogP contribution in [0.5, 0.6) is 0 Å². The molecule has 0 aliphatic rings. The van der Waals surface area contributed by atoms with E-state index >= 15 is 0 Å². The number of para-hydroxylation sites is 1. The largest absolute Gasteiger partial charge is 0.292 e. The highest BCUT2D eigenvalue weighted by Gasteiger charge is 2.34. The van der Waals surface area contributed by atoms with Gasteiger partial charge in [0.2, 0.25) is 0 Å². The summed E-state index contributed by atoms with van der Waals surface area (Å²) < 4.78 is 55.9. The summed E-state index contributed by atoms with van der Waals surface area (Å²) in [6.45, 7) is 3.08. The molecule has 0 spiro atoms. The molecular weight excluding hydrogens is 346 g/mol. The predicted octanol–water partition coefficient (Wildman–Crippen LogP) is 4.31. The maximum Gasteiger partial charge on any atom is 0.292 e. The Hall–Kier alpha value is -2.80. The normalized spacial score (nSPS) is 12.1. The maximum atomic E-state index is 14.0. The summed E-state index contributed by atoms with van der Waals surface area (Å²) in [5.74, 6) is -3.47. The van der Waals surface area contributed by atoms with Crippen LogP contribution in [0.25, 0.3) is 10.9 Å². The van der Waals surface area contributed by atoms with E-state index in [2.05, 4.69) is 16.3 Å². The van der Waals surface area contributed by atoms with Crippen molar-refractivity contribution in [3.63, 3.8) is 0 Å². The third-order valence-corrected chi connectivity index (χ3v) is 5.09. The molecule has 1 N–H and O–H groups in total. The van der Waals surface area contributed by atoms with E-state index in [1.54, 1.807) is 24.3 Å². The van der Waals surface area contributed by atoms with Gasteiger partial charge in [0.25, 0.3) is 15.9 Å². The van der Waals surface area contributed by atoms with Crippen molar-refractivity contribution < 1.29 is 17.2 Å². The molecule has 3 aromatic rings. The van der Waals surface area contributed by atoms with Gasteiger partial charge in [-0.15, -0.1) is 0 Å². The second kappa shape index (κ2) is 6.25. The second-order valence-electron chi connectivity index (χ2n) is 5.31. The molecule has 2 aromatic carbocycles. The van der Waals surface area contributed by atoms with Gasteiger partial charge in [-0.3, -0.25) is 9.71 Å². The summed E-state index contributed by atoms with van der Waals surface area (Å²) in [7, 11) is -4.25. The summed E-state index contributed by atoms with van der Waals surface area (Å²) in [6, 6.07) is 13.4. The van der Waals surface area contributed by atoms with E-state index in [9.17, 15) is 17.2 Å². The smallest absolute Gasteiger partial charge is 0.277 e. The number of nitrogens with zero attached hydrogens (tertiary/aromatic N) is 1. The first-order valence-corrected chi connectivity index (χ1v) is 8.81. The number of rotatable bonds is 5. The molecule has 1 heterocycles. The third kappa shape index (κ3) is 3.23. The number of allylic oxidation sites excluding steroid dienone is 1. The predicted molar refractivity (Wildman–Crippen MR) is 93.1 cm³/mol. The number of alkyl halides is 2. The van der Waals surface area contributed by atoms with E-state index in [-0.39, 0.29) is 5.69 Å². The van der Waals surface area contributed by atoms with Crippen molar-refractivity contribution in [2.75, 3.05) is 4.72 Å². The van der Waals surface area contributed by atoms with Gasteiger partial charge in [-0.2, -0.15) is 8.78 Å². The van der Waals surface area contributed by atoms with E-state index in [4.69, 9.17) is 0 Å². The Labute approximate surface area is 143 Å². The number of nitrogens with one attached hydrogen (secondary N) is 1. The molecule has 0 fully saturated rings. The number of fused-ring (bicyclic) bond motifs is 1. The molecule has 7 heteroatoms. The molecule has 0 saturated carbocycles. The molecule has 0 radical (unpaired) electrons. The Morgan fingerprint density at radius 2 is 1.76 bits per heavy atom. The van der Waals surface area contributed by atoms with Crippen molar-refractivity contribution in [1.29, 1.82) is 0 Å². The van der Waals surface area contributed by atoms with Crippen molar-refractivity contribution in [3.8, 4) is 0 Å². The quantitative estimate of drug-likeness (QED) is 0.690. The number of sulfonamides is 1. The molecule has 0 amide bonds. The van der Waals surface area contributed by atoms with Crippen molar-refractivity contribution in [1.82, 2.24) is 4.98 Å². The summed E-state index contributed by atoms with van der Waals surface area (Å²) >= 11 is 0. The van der Waals surface area contributed by atoms with E-state index in [1.165, 1.54) is 24.4 Å². The number of halogens is 2. The van der Waals surface area contributed by atoms with Crippen LogP contribution >= 0.6 is 0 Å². The van der Waals surface area contributed by atoms with Crippen LogP contribution in [-0.2, 0) is 15.9 Å². The summed E-state index contributed by atoms with van der Waals surface area (Å²) in [5.41, 5.74) is 0.0158. The van der Waals surface area contributed by atoms with Crippen LogP contribution in [0.4, 0.5) is 14.5 Å². The van der Waals surface area contributed by atoms with Crippen LogP contribution in [0.15, 0.2) is 78.3 Å². The van der Waals surface area contributed by atoms with Crippen LogP contribution in [0, 0.1) is 0 Å². The molecule has 1 aromatic heterocycles. The molecule has 25 heavy (non-hydrogen) atoms. The minimum atomic E-state index is -4.25. The average molecular weight is 360 g/mol. The fraction of sp³-hybridized carbons (Fsp3) is 0.0556. The van der Waals surface area contributed by atoms with Gasteiger partial charge in [-0.05, 0) is 24.3 Å². The topological polar surface area (TPSA) is 59.1 Å². The molecule has 0 bridgehead atoms. The average Bonchev–Trinajstić information content (AvgIpc) is 2.62. The zero-order valence-electron chi connectivity index (χ0n) is 13.0. The number of anilines is 1. The van der Waals surface area contributed by atoms with Crippen molar-refractivity contribution in [2.45, 2.75) is 10.8 Å². The van der Waals surface area contributed by atoms with Crippen molar-refractivity contribution in [3.05, 3.63) is 79.0 Å². The van der Waals surface area contributed by atoms with Gasteiger partial charge < -0.3 is 0 Å². The zero-order valence-corrected chi connectivity index (χ0v) is 13.8.